The Bertz CT molecular complexity index is 296. The molecular weight excluding hydrogens is 200 g/mol. The average Bonchev–Trinajstić information content (AvgIpc) is 2.62. The molecule has 16 heavy (non-hydrogen) atoms. The summed E-state index contributed by atoms with van der Waals surface area (Å²) in [5.74, 6) is 0.641. The van der Waals surface area contributed by atoms with Gasteiger partial charge in [0.1, 0.15) is 0 Å². The van der Waals surface area contributed by atoms with Crippen molar-refractivity contribution in [3.05, 3.63) is 0 Å². The molecule has 1 amide bonds. The molecule has 2 rings (SSSR count). The van der Waals surface area contributed by atoms with Crippen LogP contribution in [0.4, 0.5) is 0 Å². The SMILES string of the molecule is CC1(C)C(NCCC(N)=O)[C@]2(C)CC[C@H]1C2. The van der Waals surface area contributed by atoms with E-state index < -0.39 is 0 Å². The topological polar surface area (TPSA) is 55.1 Å². The van der Waals surface area contributed by atoms with Crippen molar-refractivity contribution in [2.75, 3.05) is 6.54 Å². The highest BCUT2D eigenvalue weighted by atomic mass is 16.1. The Morgan fingerprint density at radius 3 is 2.62 bits per heavy atom. The molecule has 3 heteroatoms. The molecule has 2 saturated carbocycles. The van der Waals surface area contributed by atoms with Crippen LogP contribution in [0.3, 0.4) is 0 Å². The highest BCUT2D eigenvalue weighted by Crippen LogP contribution is 2.62. The van der Waals surface area contributed by atoms with E-state index in [-0.39, 0.29) is 5.91 Å². The molecule has 1 unspecified atom stereocenters. The molecular formula is C13H24N2O. The monoisotopic (exact) mass is 224 g/mol. The van der Waals surface area contributed by atoms with Crippen LogP contribution in [0, 0.1) is 16.7 Å². The Balaban J connectivity index is 2.00. The summed E-state index contributed by atoms with van der Waals surface area (Å²) in [6.07, 6.45) is 4.49. The minimum Gasteiger partial charge on any atom is -0.370 e. The normalized spacial score (nSPS) is 40.2. The van der Waals surface area contributed by atoms with Crippen molar-refractivity contribution in [3.63, 3.8) is 0 Å². The number of hydrogen-bond donors (Lipinski definition) is 2. The second-order valence-electron chi connectivity index (χ2n) is 6.52. The summed E-state index contributed by atoms with van der Waals surface area (Å²) in [4.78, 5) is 10.8. The van der Waals surface area contributed by atoms with Gasteiger partial charge in [0.25, 0.3) is 0 Å². The van der Waals surface area contributed by atoms with Crippen LogP contribution < -0.4 is 11.1 Å². The lowest BCUT2D eigenvalue weighted by atomic mass is 9.68. The summed E-state index contributed by atoms with van der Waals surface area (Å²) in [6, 6.07) is 0.540. The van der Waals surface area contributed by atoms with Gasteiger partial charge in [-0.25, -0.2) is 0 Å². The number of nitrogens with two attached hydrogens (primary N) is 1. The molecule has 0 aromatic heterocycles. The Hall–Kier alpha value is -0.570. The highest BCUT2D eigenvalue weighted by Gasteiger charge is 2.58. The number of nitrogens with one attached hydrogen (secondary N) is 1. The zero-order valence-corrected chi connectivity index (χ0v) is 10.7. The van der Waals surface area contributed by atoms with Gasteiger partial charge in [-0.2, -0.15) is 0 Å². The van der Waals surface area contributed by atoms with Crippen LogP contribution in [0.1, 0.15) is 46.5 Å². The number of carbonyl (C=O) groups excluding carboxylic acids is 1. The predicted molar refractivity (Wildman–Crippen MR) is 64.8 cm³/mol. The van der Waals surface area contributed by atoms with E-state index in [1.54, 1.807) is 0 Å². The first-order chi connectivity index (χ1) is 7.36. The lowest BCUT2D eigenvalue weighted by molar-refractivity contribution is -0.118. The number of amides is 1. The van der Waals surface area contributed by atoms with Gasteiger partial charge in [-0.05, 0) is 36.0 Å². The third kappa shape index (κ3) is 1.75. The van der Waals surface area contributed by atoms with Gasteiger partial charge < -0.3 is 11.1 Å². The largest absolute Gasteiger partial charge is 0.370 e. The first-order valence-electron chi connectivity index (χ1n) is 6.38. The van der Waals surface area contributed by atoms with E-state index in [1.165, 1.54) is 19.3 Å². The van der Waals surface area contributed by atoms with E-state index in [2.05, 4.69) is 26.1 Å². The van der Waals surface area contributed by atoms with Gasteiger partial charge in [-0.3, -0.25) is 4.79 Å². The van der Waals surface area contributed by atoms with Crippen molar-refractivity contribution in [2.24, 2.45) is 22.5 Å². The van der Waals surface area contributed by atoms with E-state index in [1.807, 2.05) is 0 Å². The molecule has 2 bridgehead atoms. The van der Waals surface area contributed by atoms with Gasteiger partial charge in [0.15, 0.2) is 0 Å². The first-order valence-corrected chi connectivity index (χ1v) is 6.38. The van der Waals surface area contributed by atoms with Gasteiger partial charge in [-0.1, -0.05) is 20.8 Å². The van der Waals surface area contributed by atoms with Gasteiger partial charge in [0, 0.05) is 19.0 Å². The fraction of sp³-hybridized carbons (Fsp3) is 0.923. The zero-order valence-electron chi connectivity index (χ0n) is 10.7. The second-order valence-corrected chi connectivity index (χ2v) is 6.52. The van der Waals surface area contributed by atoms with Gasteiger partial charge in [0.05, 0.1) is 0 Å². The standard InChI is InChI=1S/C13H24N2O/c1-12(2)9-4-6-13(3,8-9)11(12)15-7-5-10(14)16/h9,11,15H,4-8H2,1-3H3,(H2,14,16)/t9-,11?,13+/m0/s1. The molecule has 2 fully saturated rings. The number of primary amides is 1. The molecule has 0 spiro atoms. The van der Waals surface area contributed by atoms with Crippen molar-refractivity contribution < 1.29 is 4.79 Å². The first kappa shape index (κ1) is 11.9. The van der Waals surface area contributed by atoms with Crippen LogP contribution in [0.2, 0.25) is 0 Å². The van der Waals surface area contributed by atoms with Crippen LogP contribution in [-0.2, 0) is 4.79 Å². The summed E-state index contributed by atoms with van der Waals surface area (Å²) in [5, 5.41) is 3.57. The van der Waals surface area contributed by atoms with Crippen molar-refractivity contribution in [3.8, 4) is 0 Å². The molecule has 2 aliphatic carbocycles. The maximum atomic E-state index is 10.8. The lowest BCUT2D eigenvalue weighted by Crippen LogP contribution is -2.50. The number of hydrogen-bond acceptors (Lipinski definition) is 2. The van der Waals surface area contributed by atoms with Crippen molar-refractivity contribution >= 4 is 5.91 Å². The lowest BCUT2D eigenvalue weighted by Gasteiger charge is -2.43. The van der Waals surface area contributed by atoms with Gasteiger partial charge in [-0.15, -0.1) is 0 Å². The van der Waals surface area contributed by atoms with E-state index in [9.17, 15) is 4.79 Å². The summed E-state index contributed by atoms with van der Waals surface area (Å²) in [5.41, 5.74) is 5.98. The third-order valence-corrected chi connectivity index (χ3v) is 4.99. The fourth-order valence-corrected chi connectivity index (χ4v) is 4.15. The summed E-state index contributed by atoms with van der Waals surface area (Å²) < 4.78 is 0. The summed E-state index contributed by atoms with van der Waals surface area (Å²) >= 11 is 0. The number of rotatable bonds is 4. The molecule has 3 atom stereocenters. The maximum Gasteiger partial charge on any atom is 0.218 e. The average molecular weight is 224 g/mol. The van der Waals surface area contributed by atoms with Crippen molar-refractivity contribution in [2.45, 2.75) is 52.5 Å². The van der Waals surface area contributed by atoms with Crippen LogP contribution in [0.5, 0.6) is 0 Å². The molecule has 0 aromatic rings. The summed E-state index contributed by atoms with van der Waals surface area (Å²) in [7, 11) is 0. The molecule has 0 aliphatic heterocycles. The Labute approximate surface area is 98.2 Å². The van der Waals surface area contributed by atoms with Crippen LogP contribution in [-0.4, -0.2) is 18.5 Å². The fourth-order valence-electron chi connectivity index (χ4n) is 4.15. The molecule has 3 N–H and O–H groups in total. The molecule has 2 aliphatic rings. The second kappa shape index (κ2) is 3.73. The van der Waals surface area contributed by atoms with E-state index in [0.717, 1.165) is 12.5 Å². The minimum absolute atomic E-state index is 0.210. The highest BCUT2D eigenvalue weighted by molar-refractivity contribution is 5.73. The van der Waals surface area contributed by atoms with Gasteiger partial charge in [0.2, 0.25) is 5.91 Å². The molecule has 0 aromatic carbocycles. The molecule has 3 nitrogen and oxygen atoms in total. The predicted octanol–water partition coefficient (Wildman–Crippen LogP) is 1.67. The van der Waals surface area contributed by atoms with Crippen LogP contribution in [0.25, 0.3) is 0 Å². The maximum absolute atomic E-state index is 10.8. The summed E-state index contributed by atoms with van der Waals surface area (Å²) in [6.45, 7) is 7.85. The Morgan fingerprint density at radius 2 is 2.12 bits per heavy atom. The molecule has 0 radical (unpaired) electrons. The van der Waals surface area contributed by atoms with E-state index in [4.69, 9.17) is 5.73 Å². The number of fused-ring (bicyclic) bond motifs is 2. The van der Waals surface area contributed by atoms with E-state index in [0.29, 0.717) is 23.3 Å². The third-order valence-electron chi connectivity index (χ3n) is 4.99. The van der Waals surface area contributed by atoms with Crippen LogP contribution in [0.15, 0.2) is 0 Å². The zero-order chi connectivity index (χ0) is 12.0. The van der Waals surface area contributed by atoms with E-state index >= 15 is 0 Å². The van der Waals surface area contributed by atoms with Crippen molar-refractivity contribution in [1.82, 2.24) is 5.32 Å². The van der Waals surface area contributed by atoms with Crippen LogP contribution >= 0.6 is 0 Å². The van der Waals surface area contributed by atoms with Gasteiger partial charge >= 0.3 is 0 Å². The smallest absolute Gasteiger partial charge is 0.218 e. The van der Waals surface area contributed by atoms with Crippen molar-refractivity contribution in [1.29, 1.82) is 0 Å². The Morgan fingerprint density at radius 1 is 1.44 bits per heavy atom. The quantitative estimate of drug-likeness (QED) is 0.763. The molecule has 0 heterocycles. The molecule has 92 valence electrons. The number of carbonyl (C=O) groups is 1. The Kier molecular flexibility index (Phi) is 2.77. The minimum atomic E-state index is -0.210. The molecule has 0 saturated heterocycles.